The Morgan fingerprint density at radius 1 is 1.06 bits per heavy atom. The molecule has 0 aliphatic carbocycles. The van der Waals surface area contributed by atoms with Gasteiger partial charge in [-0.05, 0) is 63.8 Å². The predicted octanol–water partition coefficient (Wildman–Crippen LogP) is 5.50. The zero-order chi connectivity index (χ0) is 24.0. The fourth-order valence-corrected chi connectivity index (χ4v) is 3.34. The third kappa shape index (κ3) is 5.94. The summed E-state index contributed by atoms with van der Waals surface area (Å²) in [5, 5.41) is 40.2. The van der Waals surface area contributed by atoms with Crippen LogP contribution >= 0.6 is 0 Å². The summed E-state index contributed by atoms with van der Waals surface area (Å²) in [6.07, 6.45) is 5.72. The molecule has 0 saturated carbocycles. The molecule has 1 atom stereocenters. The van der Waals surface area contributed by atoms with Crippen molar-refractivity contribution in [3.63, 3.8) is 0 Å². The third-order valence-electron chi connectivity index (χ3n) is 5.18. The molecule has 0 saturated heterocycles. The van der Waals surface area contributed by atoms with Crippen LogP contribution in [0.2, 0.25) is 0 Å². The minimum Gasteiger partial charge on any atom is -0.508 e. The topological polar surface area (TPSA) is 107 Å². The number of phenolic OH excluding ortho intramolecular Hbond substituents is 4. The highest BCUT2D eigenvalue weighted by molar-refractivity contribution is 6.11. The molecule has 6 nitrogen and oxygen atoms in total. The Morgan fingerprint density at radius 2 is 1.75 bits per heavy atom. The fraction of sp³-hybridized carbons (Fsp3) is 0.269. The van der Waals surface area contributed by atoms with E-state index in [0.717, 1.165) is 23.3 Å². The van der Waals surface area contributed by atoms with Gasteiger partial charge < -0.3 is 25.2 Å². The van der Waals surface area contributed by atoms with Crippen LogP contribution in [0.5, 0.6) is 28.7 Å². The molecule has 0 aromatic heterocycles. The summed E-state index contributed by atoms with van der Waals surface area (Å²) < 4.78 is 5.45. The van der Waals surface area contributed by atoms with Gasteiger partial charge >= 0.3 is 0 Å². The SMILES string of the molecule is C=C(C)C(CC=C(C)C)Cc1c(O)cc(O)c(C(=O)/C=C/c2ccc(O)cc2O)c1OC. The molecule has 0 fully saturated rings. The van der Waals surface area contributed by atoms with Gasteiger partial charge in [0.1, 0.15) is 34.3 Å². The molecule has 0 spiro atoms. The number of carbonyl (C=O) groups excluding carboxylic acids is 1. The first kappa shape index (κ1) is 24.6. The molecular weight excluding hydrogens is 408 g/mol. The summed E-state index contributed by atoms with van der Waals surface area (Å²) in [4.78, 5) is 12.9. The number of rotatable bonds is 9. The molecule has 0 amide bonds. The molecule has 2 aromatic rings. The normalized spacial score (nSPS) is 11.9. The van der Waals surface area contributed by atoms with Gasteiger partial charge in [-0.15, -0.1) is 0 Å². The van der Waals surface area contributed by atoms with Crippen molar-refractivity contribution in [2.75, 3.05) is 7.11 Å². The molecule has 2 aromatic carbocycles. The lowest BCUT2D eigenvalue weighted by Gasteiger charge is -2.20. The second kappa shape index (κ2) is 10.6. The van der Waals surface area contributed by atoms with E-state index in [0.29, 0.717) is 24.0 Å². The summed E-state index contributed by atoms with van der Waals surface area (Å²) in [7, 11) is 1.37. The zero-order valence-electron chi connectivity index (χ0n) is 18.8. The van der Waals surface area contributed by atoms with E-state index in [9.17, 15) is 25.2 Å². The molecule has 4 N–H and O–H groups in total. The van der Waals surface area contributed by atoms with Crippen molar-refractivity contribution in [2.45, 2.75) is 33.6 Å². The number of phenols is 4. The molecule has 0 aliphatic heterocycles. The maximum atomic E-state index is 12.9. The smallest absolute Gasteiger partial charge is 0.193 e. The van der Waals surface area contributed by atoms with Crippen molar-refractivity contribution in [3.05, 3.63) is 70.8 Å². The standard InChI is InChI=1S/C26H30O6/c1-15(2)6-7-18(16(3)4)12-20-23(30)14-24(31)25(26(20)32-5)21(28)11-9-17-8-10-19(27)13-22(17)29/h6,8-11,13-14,18,27,29-31H,3,7,12H2,1-2,4-5H3/b11-9+. The van der Waals surface area contributed by atoms with E-state index < -0.39 is 11.5 Å². The minimum atomic E-state index is -0.566. The van der Waals surface area contributed by atoms with Gasteiger partial charge in [-0.3, -0.25) is 4.79 Å². The lowest BCUT2D eigenvalue weighted by atomic mass is 9.88. The van der Waals surface area contributed by atoms with Gasteiger partial charge in [0.25, 0.3) is 0 Å². The van der Waals surface area contributed by atoms with Crippen LogP contribution in [0.25, 0.3) is 6.08 Å². The fourth-order valence-electron chi connectivity index (χ4n) is 3.34. The van der Waals surface area contributed by atoms with Crippen LogP contribution in [0, 0.1) is 5.92 Å². The van der Waals surface area contributed by atoms with Crippen LogP contribution in [0.15, 0.2) is 54.1 Å². The number of ketones is 1. The molecule has 6 heteroatoms. The van der Waals surface area contributed by atoms with Gasteiger partial charge in [-0.1, -0.05) is 23.8 Å². The van der Waals surface area contributed by atoms with Gasteiger partial charge in [0.15, 0.2) is 5.78 Å². The van der Waals surface area contributed by atoms with Crippen LogP contribution in [0.1, 0.15) is 48.7 Å². The lowest BCUT2D eigenvalue weighted by molar-refractivity contribution is 0.104. The Bertz CT molecular complexity index is 1070. The summed E-state index contributed by atoms with van der Waals surface area (Å²) in [6, 6.07) is 5.12. The van der Waals surface area contributed by atoms with Crippen LogP contribution in [0.3, 0.4) is 0 Å². The molecule has 170 valence electrons. The number of carbonyl (C=O) groups is 1. The number of aromatic hydroxyl groups is 4. The third-order valence-corrected chi connectivity index (χ3v) is 5.18. The van der Waals surface area contributed by atoms with Crippen molar-refractivity contribution in [1.29, 1.82) is 0 Å². The molecule has 0 aliphatic rings. The van der Waals surface area contributed by atoms with E-state index in [-0.39, 0.29) is 34.5 Å². The molecule has 0 radical (unpaired) electrons. The second-order valence-electron chi connectivity index (χ2n) is 8.01. The maximum Gasteiger partial charge on any atom is 0.193 e. The van der Waals surface area contributed by atoms with Gasteiger partial charge in [-0.2, -0.15) is 0 Å². The summed E-state index contributed by atoms with van der Waals surface area (Å²) in [5.41, 5.74) is 2.73. The van der Waals surface area contributed by atoms with Gasteiger partial charge in [0, 0.05) is 23.3 Å². The van der Waals surface area contributed by atoms with Crippen molar-refractivity contribution < 1.29 is 30.0 Å². The van der Waals surface area contributed by atoms with E-state index in [2.05, 4.69) is 12.7 Å². The Kier molecular flexibility index (Phi) is 8.13. The molecule has 2 rings (SSSR count). The summed E-state index contributed by atoms with van der Waals surface area (Å²) in [6.45, 7) is 9.96. The quantitative estimate of drug-likeness (QED) is 0.234. The largest absolute Gasteiger partial charge is 0.508 e. The van der Waals surface area contributed by atoms with Gasteiger partial charge in [0.05, 0.1) is 7.11 Å². The Balaban J connectivity index is 2.47. The molecule has 0 heterocycles. The maximum absolute atomic E-state index is 12.9. The van der Waals surface area contributed by atoms with Crippen LogP contribution < -0.4 is 4.74 Å². The Morgan fingerprint density at radius 3 is 2.31 bits per heavy atom. The second-order valence-corrected chi connectivity index (χ2v) is 8.01. The molecule has 0 bridgehead atoms. The Labute approximate surface area is 188 Å². The van der Waals surface area contributed by atoms with Crippen LogP contribution in [0.4, 0.5) is 0 Å². The average molecular weight is 439 g/mol. The predicted molar refractivity (Wildman–Crippen MR) is 126 cm³/mol. The lowest BCUT2D eigenvalue weighted by Crippen LogP contribution is -2.09. The number of hydrogen-bond acceptors (Lipinski definition) is 6. The highest BCUT2D eigenvalue weighted by atomic mass is 16.5. The number of allylic oxidation sites excluding steroid dienone is 4. The van der Waals surface area contributed by atoms with E-state index in [1.54, 1.807) is 0 Å². The summed E-state index contributed by atoms with van der Waals surface area (Å²) in [5.74, 6) is -1.35. The monoisotopic (exact) mass is 438 g/mol. The average Bonchev–Trinajstić information content (AvgIpc) is 2.70. The zero-order valence-corrected chi connectivity index (χ0v) is 18.8. The van der Waals surface area contributed by atoms with Crippen LogP contribution in [-0.2, 0) is 6.42 Å². The van der Waals surface area contributed by atoms with E-state index in [1.165, 1.54) is 31.4 Å². The molecule has 32 heavy (non-hydrogen) atoms. The van der Waals surface area contributed by atoms with Crippen molar-refractivity contribution in [2.24, 2.45) is 5.92 Å². The first-order valence-electron chi connectivity index (χ1n) is 10.2. The number of hydrogen-bond donors (Lipinski definition) is 4. The molecular formula is C26H30O6. The summed E-state index contributed by atoms with van der Waals surface area (Å²) >= 11 is 0. The first-order chi connectivity index (χ1) is 15.0. The van der Waals surface area contributed by atoms with Crippen molar-refractivity contribution in [1.82, 2.24) is 0 Å². The van der Waals surface area contributed by atoms with E-state index >= 15 is 0 Å². The van der Waals surface area contributed by atoms with Crippen molar-refractivity contribution in [3.8, 4) is 28.7 Å². The van der Waals surface area contributed by atoms with E-state index in [1.807, 2.05) is 20.8 Å². The van der Waals surface area contributed by atoms with Gasteiger partial charge in [0.2, 0.25) is 0 Å². The first-order valence-corrected chi connectivity index (χ1v) is 10.2. The number of methoxy groups -OCH3 is 1. The minimum absolute atomic E-state index is 0.00156. The Hall–Kier alpha value is -3.67. The highest BCUT2D eigenvalue weighted by Crippen LogP contribution is 2.41. The van der Waals surface area contributed by atoms with Crippen molar-refractivity contribution >= 4 is 11.9 Å². The number of benzene rings is 2. The van der Waals surface area contributed by atoms with E-state index in [4.69, 9.17) is 4.74 Å². The molecule has 1 unspecified atom stereocenters. The number of ether oxygens (including phenoxy) is 1. The highest BCUT2D eigenvalue weighted by Gasteiger charge is 2.25. The van der Waals surface area contributed by atoms with Crippen LogP contribution in [-0.4, -0.2) is 33.3 Å². The van der Waals surface area contributed by atoms with Gasteiger partial charge in [-0.25, -0.2) is 0 Å².